The van der Waals surface area contributed by atoms with E-state index < -0.39 is 23.7 Å². The van der Waals surface area contributed by atoms with Gasteiger partial charge >= 0.3 is 0 Å². The van der Waals surface area contributed by atoms with E-state index in [-0.39, 0.29) is 17.0 Å². The highest BCUT2D eigenvalue weighted by atomic mass is 35.5. The number of rotatable bonds is 5. The molecule has 3 aromatic carbocycles. The van der Waals surface area contributed by atoms with Crippen molar-refractivity contribution in [1.82, 2.24) is 4.90 Å². The van der Waals surface area contributed by atoms with Crippen molar-refractivity contribution in [3.05, 3.63) is 87.7 Å². The second-order valence-corrected chi connectivity index (χ2v) is 8.53. The van der Waals surface area contributed by atoms with Crippen LogP contribution >= 0.6 is 11.6 Å². The number of fused-ring (bicyclic) bond motifs is 1. The van der Waals surface area contributed by atoms with Crippen molar-refractivity contribution in [2.75, 3.05) is 26.6 Å². The molecule has 4 rings (SSSR count). The minimum absolute atomic E-state index is 0.230. The van der Waals surface area contributed by atoms with Crippen LogP contribution in [0.2, 0.25) is 5.02 Å². The minimum atomic E-state index is -0.952. The predicted octanol–water partition coefficient (Wildman–Crippen LogP) is 5.35. The van der Waals surface area contributed by atoms with E-state index in [1.807, 2.05) is 13.0 Å². The first kappa shape index (κ1) is 23.6. The van der Waals surface area contributed by atoms with Gasteiger partial charge < -0.3 is 19.7 Å². The molecule has 0 aromatic heterocycles. The van der Waals surface area contributed by atoms with Crippen LogP contribution in [-0.2, 0) is 4.79 Å². The number of nitrogens with zero attached hydrogens (tertiary/aromatic N) is 1. The number of benzene rings is 3. The van der Waals surface area contributed by atoms with Crippen LogP contribution in [0.1, 0.15) is 39.0 Å². The molecule has 6 nitrogen and oxygen atoms in total. The number of hydrogen-bond donors (Lipinski definition) is 1. The maximum Gasteiger partial charge on any atom is 0.254 e. The summed E-state index contributed by atoms with van der Waals surface area (Å²) >= 11 is 6.35. The number of hydrogen-bond acceptors (Lipinski definition) is 4. The number of ether oxygens (including phenoxy) is 2. The van der Waals surface area contributed by atoms with Crippen LogP contribution < -0.4 is 14.8 Å². The molecule has 1 heterocycles. The number of halogens is 2. The van der Waals surface area contributed by atoms with Gasteiger partial charge in [-0.2, -0.15) is 0 Å². The van der Waals surface area contributed by atoms with Crippen LogP contribution in [0.4, 0.5) is 10.1 Å². The largest absolute Gasteiger partial charge is 0.493 e. The first-order valence-electron chi connectivity index (χ1n) is 10.6. The summed E-state index contributed by atoms with van der Waals surface area (Å²) in [5, 5.41) is 3.24. The van der Waals surface area contributed by atoms with E-state index in [1.165, 1.54) is 25.2 Å². The lowest BCUT2D eigenvalue weighted by atomic mass is 9.79. The van der Waals surface area contributed by atoms with Gasteiger partial charge in [0.1, 0.15) is 5.82 Å². The van der Waals surface area contributed by atoms with Gasteiger partial charge in [-0.15, -0.1) is 0 Å². The summed E-state index contributed by atoms with van der Waals surface area (Å²) in [6.07, 6.45) is 0. The van der Waals surface area contributed by atoms with Gasteiger partial charge in [0.15, 0.2) is 11.5 Å². The Bertz CT molecular complexity index is 1280. The van der Waals surface area contributed by atoms with Crippen LogP contribution in [0.15, 0.2) is 54.6 Å². The number of amides is 2. The first-order valence-corrected chi connectivity index (χ1v) is 11.0. The molecule has 1 N–H and O–H groups in total. The van der Waals surface area contributed by atoms with Crippen molar-refractivity contribution in [3.63, 3.8) is 0 Å². The Morgan fingerprint density at radius 3 is 2.35 bits per heavy atom. The van der Waals surface area contributed by atoms with Crippen molar-refractivity contribution >= 4 is 29.1 Å². The van der Waals surface area contributed by atoms with Gasteiger partial charge in [0.05, 0.1) is 36.9 Å². The molecular weight excluding hydrogens is 459 g/mol. The molecule has 176 valence electrons. The van der Waals surface area contributed by atoms with Gasteiger partial charge in [0.2, 0.25) is 5.91 Å². The molecule has 1 aliphatic heterocycles. The molecule has 1 aliphatic rings. The van der Waals surface area contributed by atoms with Crippen LogP contribution in [-0.4, -0.2) is 38.0 Å². The number of anilines is 1. The molecular formula is C26H24ClFN2O4. The quantitative estimate of drug-likeness (QED) is 0.532. The number of nitrogens with one attached hydrogen (secondary N) is 1. The topological polar surface area (TPSA) is 67.9 Å². The zero-order valence-corrected chi connectivity index (χ0v) is 19.9. The molecule has 0 saturated carbocycles. The number of carbonyl (C=O) groups is 2. The monoisotopic (exact) mass is 482 g/mol. The van der Waals surface area contributed by atoms with Crippen LogP contribution in [0.25, 0.3) is 0 Å². The van der Waals surface area contributed by atoms with E-state index in [4.69, 9.17) is 21.1 Å². The van der Waals surface area contributed by atoms with Crippen molar-refractivity contribution in [3.8, 4) is 11.5 Å². The third-order valence-electron chi connectivity index (χ3n) is 6.06. The van der Waals surface area contributed by atoms with E-state index in [0.717, 1.165) is 5.56 Å². The van der Waals surface area contributed by atoms with E-state index in [1.54, 1.807) is 49.5 Å². The zero-order valence-electron chi connectivity index (χ0n) is 19.2. The first-order chi connectivity index (χ1) is 16.3. The summed E-state index contributed by atoms with van der Waals surface area (Å²) in [5.41, 5.74) is 2.29. The number of likely N-dealkylation sites (N-methyl/N-ethyl adjacent to an activating group) is 1. The van der Waals surface area contributed by atoms with Gasteiger partial charge in [-0.05, 0) is 48.4 Å². The summed E-state index contributed by atoms with van der Waals surface area (Å²) in [5.74, 6) is -1.55. The number of aryl methyl sites for hydroxylation is 1. The highest BCUT2D eigenvalue weighted by molar-refractivity contribution is 6.33. The molecule has 0 radical (unpaired) electrons. The fourth-order valence-corrected chi connectivity index (χ4v) is 4.65. The van der Waals surface area contributed by atoms with Crippen molar-refractivity contribution < 1.29 is 23.5 Å². The summed E-state index contributed by atoms with van der Waals surface area (Å²) < 4.78 is 25.7. The van der Waals surface area contributed by atoms with Crippen LogP contribution in [0, 0.1) is 12.7 Å². The average Bonchev–Trinajstić information content (AvgIpc) is 2.82. The summed E-state index contributed by atoms with van der Waals surface area (Å²) in [6, 6.07) is 13.7. The third-order valence-corrected chi connectivity index (χ3v) is 6.38. The lowest BCUT2D eigenvalue weighted by Gasteiger charge is -2.40. The standard InChI is InChI=1S/C26H24ClFN2O4/c1-14-9-10-20(18(27)11-14)29-25(31)23-16-12-21(33-3)22(34-4)13-17(16)26(32)30(2)24(23)15-7-5-6-8-19(15)28/h5-13,23-24H,1-4H3,(H,29,31)/t23-,24-/m1/s1. The minimum Gasteiger partial charge on any atom is -0.493 e. The molecule has 3 aromatic rings. The molecule has 0 unspecified atom stereocenters. The zero-order chi connectivity index (χ0) is 24.6. The normalized spacial score (nSPS) is 17.2. The molecule has 34 heavy (non-hydrogen) atoms. The van der Waals surface area contributed by atoms with Gasteiger partial charge in [0.25, 0.3) is 5.91 Å². The summed E-state index contributed by atoms with van der Waals surface area (Å²) in [6.45, 7) is 1.89. The van der Waals surface area contributed by atoms with E-state index in [2.05, 4.69) is 5.32 Å². The van der Waals surface area contributed by atoms with Crippen molar-refractivity contribution in [2.45, 2.75) is 18.9 Å². The molecule has 2 atom stereocenters. The summed E-state index contributed by atoms with van der Waals surface area (Å²) in [7, 11) is 4.49. The Kier molecular flexibility index (Phi) is 6.48. The van der Waals surface area contributed by atoms with Crippen molar-refractivity contribution in [1.29, 1.82) is 0 Å². The maximum absolute atomic E-state index is 15.0. The number of methoxy groups -OCH3 is 2. The highest BCUT2D eigenvalue weighted by Crippen LogP contribution is 2.46. The third kappa shape index (κ3) is 4.07. The second kappa shape index (κ2) is 9.35. The Hall–Kier alpha value is -3.58. The maximum atomic E-state index is 15.0. The Morgan fingerprint density at radius 1 is 1.03 bits per heavy atom. The highest BCUT2D eigenvalue weighted by Gasteiger charge is 2.44. The van der Waals surface area contributed by atoms with E-state index >= 15 is 0 Å². The van der Waals surface area contributed by atoms with E-state index in [0.29, 0.717) is 27.8 Å². The molecule has 0 aliphatic carbocycles. The average molecular weight is 483 g/mol. The van der Waals surface area contributed by atoms with Gasteiger partial charge in [0, 0.05) is 18.2 Å². The van der Waals surface area contributed by atoms with E-state index in [9.17, 15) is 14.0 Å². The van der Waals surface area contributed by atoms with Crippen molar-refractivity contribution in [2.24, 2.45) is 0 Å². The Morgan fingerprint density at radius 2 is 1.71 bits per heavy atom. The molecule has 0 saturated heterocycles. The molecule has 0 bridgehead atoms. The van der Waals surface area contributed by atoms with Gasteiger partial charge in [-0.1, -0.05) is 35.9 Å². The predicted molar refractivity (Wildman–Crippen MR) is 128 cm³/mol. The lowest BCUT2D eigenvalue weighted by Crippen LogP contribution is -2.44. The summed E-state index contributed by atoms with van der Waals surface area (Å²) in [4.78, 5) is 28.5. The molecule has 0 spiro atoms. The fraction of sp³-hybridized carbons (Fsp3) is 0.231. The molecule has 0 fully saturated rings. The molecule has 8 heteroatoms. The van der Waals surface area contributed by atoms with Gasteiger partial charge in [-0.3, -0.25) is 9.59 Å². The molecule has 2 amide bonds. The van der Waals surface area contributed by atoms with Gasteiger partial charge in [-0.25, -0.2) is 4.39 Å². The SMILES string of the molecule is COc1cc2c(cc1OC)[C@@H](C(=O)Nc1ccc(C)cc1Cl)[C@@H](c1ccccc1F)N(C)C2=O. The Labute approximate surface area is 202 Å². The lowest BCUT2D eigenvalue weighted by molar-refractivity contribution is -0.119. The van der Waals surface area contributed by atoms with Crippen LogP contribution in [0.5, 0.6) is 11.5 Å². The number of carbonyl (C=O) groups excluding carboxylic acids is 2. The smallest absolute Gasteiger partial charge is 0.254 e. The van der Waals surface area contributed by atoms with Crippen LogP contribution in [0.3, 0.4) is 0 Å². The fourth-order valence-electron chi connectivity index (χ4n) is 4.37. The Balaban J connectivity index is 1.91. The second-order valence-electron chi connectivity index (χ2n) is 8.13.